The molecule has 1 aromatic heterocycles. The maximum absolute atomic E-state index is 12.5. The summed E-state index contributed by atoms with van der Waals surface area (Å²) in [5, 5.41) is 5.06. The summed E-state index contributed by atoms with van der Waals surface area (Å²) in [6.45, 7) is 3.65. The number of likely N-dealkylation sites (N-methyl/N-ethyl adjacent to an activating group) is 1. The van der Waals surface area contributed by atoms with Crippen LogP contribution >= 0.6 is 0 Å². The molecule has 1 atom stereocenters. The number of nitrogens with zero attached hydrogens (tertiary/aromatic N) is 2. The second kappa shape index (κ2) is 5.72. The lowest BCUT2D eigenvalue weighted by molar-refractivity contribution is -0.141. The van der Waals surface area contributed by atoms with Crippen molar-refractivity contribution in [2.75, 3.05) is 17.6 Å². The van der Waals surface area contributed by atoms with Crippen LogP contribution in [0.4, 0.5) is 24.9 Å². The third kappa shape index (κ3) is 4.27. The number of halogens is 3. The highest BCUT2D eigenvalue weighted by Gasteiger charge is 2.33. The number of carbonyl (C=O) groups excluding carboxylic acids is 1. The summed E-state index contributed by atoms with van der Waals surface area (Å²) in [6.07, 6.45) is -4.62. The number of alkyl halides is 3. The maximum atomic E-state index is 12.5. The Labute approximate surface area is 107 Å². The highest BCUT2D eigenvalue weighted by atomic mass is 19.4. The predicted octanol–water partition coefficient (Wildman–Crippen LogP) is 1.01. The van der Waals surface area contributed by atoms with Gasteiger partial charge in [-0.2, -0.15) is 18.2 Å². The first-order valence-electron chi connectivity index (χ1n) is 5.50. The van der Waals surface area contributed by atoms with Crippen LogP contribution in [-0.2, 0) is 11.0 Å². The van der Waals surface area contributed by atoms with E-state index in [1.165, 1.54) is 6.92 Å². The van der Waals surface area contributed by atoms with E-state index in [9.17, 15) is 18.0 Å². The van der Waals surface area contributed by atoms with E-state index in [2.05, 4.69) is 20.6 Å². The fraction of sp³-hybridized carbons (Fsp3) is 0.500. The van der Waals surface area contributed by atoms with Crippen molar-refractivity contribution in [3.05, 3.63) is 11.8 Å². The topological polar surface area (TPSA) is 92.9 Å². The molecule has 1 unspecified atom stereocenters. The molecule has 1 heterocycles. The Hall–Kier alpha value is -2.06. The average molecular weight is 277 g/mol. The van der Waals surface area contributed by atoms with Gasteiger partial charge in [0.05, 0.1) is 0 Å². The van der Waals surface area contributed by atoms with Gasteiger partial charge in [0.25, 0.3) is 0 Å². The van der Waals surface area contributed by atoms with Crippen molar-refractivity contribution in [2.45, 2.75) is 26.1 Å². The van der Waals surface area contributed by atoms with Gasteiger partial charge in [-0.3, -0.25) is 4.79 Å². The van der Waals surface area contributed by atoms with Crippen LogP contribution in [0, 0.1) is 0 Å². The van der Waals surface area contributed by atoms with Crippen LogP contribution < -0.4 is 16.4 Å². The van der Waals surface area contributed by atoms with Gasteiger partial charge in [-0.1, -0.05) is 0 Å². The van der Waals surface area contributed by atoms with Crippen LogP contribution in [0.5, 0.6) is 0 Å². The molecule has 1 rings (SSSR count). The van der Waals surface area contributed by atoms with Crippen molar-refractivity contribution in [1.82, 2.24) is 15.3 Å². The van der Waals surface area contributed by atoms with E-state index in [-0.39, 0.29) is 11.7 Å². The van der Waals surface area contributed by atoms with Crippen LogP contribution in [-0.4, -0.2) is 28.5 Å². The zero-order valence-corrected chi connectivity index (χ0v) is 10.4. The Balaban J connectivity index is 2.90. The summed E-state index contributed by atoms with van der Waals surface area (Å²) in [5.74, 6) is -1.02. The number of nitrogens with two attached hydrogens (primary N) is 1. The molecular weight excluding hydrogens is 263 g/mol. The lowest BCUT2D eigenvalue weighted by Crippen LogP contribution is -2.37. The highest BCUT2D eigenvalue weighted by Crippen LogP contribution is 2.29. The second-order valence-corrected chi connectivity index (χ2v) is 3.75. The monoisotopic (exact) mass is 277 g/mol. The van der Waals surface area contributed by atoms with Crippen molar-refractivity contribution in [3.8, 4) is 0 Å². The molecule has 0 aliphatic carbocycles. The smallest absolute Gasteiger partial charge is 0.368 e. The van der Waals surface area contributed by atoms with Gasteiger partial charge in [-0.25, -0.2) is 4.98 Å². The van der Waals surface area contributed by atoms with Gasteiger partial charge in [-0.15, -0.1) is 0 Å². The largest absolute Gasteiger partial charge is 0.433 e. The van der Waals surface area contributed by atoms with Crippen molar-refractivity contribution in [1.29, 1.82) is 0 Å². The van der Waals surface area contributed by atoms with Crippen molar-refractivity contribution < 1.29 is 18.0 Å². The molecule has 0 radical (unpaired) electrons. The van der Waals surface area contributed by atoms with E-state index in [0.717, 1.165) is 0 Å². The number of aromatic nitrogens is 2. The Bertz CT molecular complexity index is 463. The first-order chi connectivity index (χ1) is 8.74. The fourth-order valence-electron chi connectivity index (χ4n) is 1.30. The van der Waals surface area contributed by atoms with Gasteiger partial charge in [-0.05, 0) is 13.8 Å². The number of nitrogen functional groups attached to an aromatic ring is 1. The van der Waals surface area contributed by atoms with E-state index >= 15 is 0 Å². The number of hydrogen-bond donors (Lipinski definition) is 3. The van der Waals surface area contributed by atoms with Crippen molar-refractivity contribution >= 4 is 17.7 Å². The molecule has 1 aromatic rings. The van der Waals surface area contributed by atoms with Gasteiger partial charge in [0.2, 0.25) is 11.9 Å². The maximum Gasteiger partial charge on any atom is 0.433 e. The number of amides is 1. The second-order valence-electron chi connectivity index (χ2n) is 3.75. The zero-order chi connectivity index (χ0) is 14.6. The third-order valence-corrected chi connectivity index (χ3v) is 2.14. The standard InChI is InChI=1S/C10H14F3N5O/c1-3-15-8(19)5(2)16-7-4-6(10(11,12)13)17-9(14)18-7/h4-5H,3H2,1-2H3,(H,15,19)(H3,14,16,17,18). The normalized spacial score (nSPS) is 12.9. The third-order valence-electron chi connectivity index (χ3n) is 2.14. The molecule has 0 fully saturated rings. The first-order valence-corrected chi connectivity index (χ1v) is 5.50. The quantitative estimate of drug-likeness (QED) is 0.764. The van der Waals surface area contributed by atoms with E-state index in [0.29, 0.717) is 12.6 Å². The number of rotatable bonds is 4. The van der Waals surface area contributed by atoms with Gasteiger partial charge in [0.15, 0.2) is 5.69 Å². The molecule has 1 amide bonds. The van der Waals surface area contributed by atoms with Crippen molar-refractivity contribution in [2.24, 2.45) is 0 Å². The molecule has 0 saturated carbocycles. The molecule has 0 bridgehead atoms. The fourth-order valence-corrected chi connectivity index (χ4v) is 1.30. The number of nitrogens with one attached hydrogen (secondary N) is 2. The Kier molecular flexibility index (Phi) is 4.52. The van der Waals surface area contributed by atoms with Crippen molar-refractivity contribution in [3.63, 3.8) is 0 Å². The summed E-state index contributed by atoms with van der Waals surface area (Å²) >= 11 is 0. The first kappa shape index (κ1) is 15.0. The molecule has 9 heteroatoms. The molecular formula is C10H14F3N5O. The lowest BCUT2D eigenvalue weighted by atomic mass is 10.3. The summed E-state index contributed by atoms with van der Waals surface area (Å²) in [6, 6.07) is -0.0399. The predicted molar refractivity (Wildman–Crippen MR) is 63.2 cm³/mol. The Morgan fingerprint density at radius 1 is 1.47 bits per heavy atom. The molecule has 0 aliphatic rings. The van der Waals surface area contributed by atoms with E-state index < -0.39 is 23.9 Å². The Morgan fingerprint density at radius 3 is 2.63 bits per heavy atom. The summed E-state index contributed by atoms with van der Waals surface area (Å²) in [5.41, 5.74) is 4.04. The highest BCUT2D eigenvalue weighted by molar-refractivity contribution is 5.83. The molecule has 0 aromatic carbocycles. The minimum absolute atomic E-state index is 0.154. The minimum atomic E-state index is -4.62. The van der Waals surface area contributed by atoms with Gasteiger partial charge < -0.3 is 16.4 Å². The van der Waals surface area contributed by atoms with Crippen LogP contribution in [0.1, 0.15) is 19.5 Å². The molecule has 4 N–H and O–H groups in total. The molecule has 6 nitrogen and oxygen atoms in total. The number of carbonyl (C=O) groups is 1. The average Bonchev–Trinajstić information content (AvgIpc) is 2.27. The molecule has 0 spiro atoms. The van der Waals surface area contributed by atoms with Gasteiger partial charge >= 0.3 is 6.18 Å². The molecule has 19 heavy (non-hydrogen) atoms. The van der Waals surface area contributed by atoms with E-state index in [1.807, 2.05) is 0 Å². The minimum Gasteiger partial charge on any atom is -0.368 e. The molecule has 0 saturated heterocycles. The van der Waals surface area contributed by atoms with Crippen LogP contribution in [0.25, 0.3) is 0 Å². The lowest BCUT2D eigenvalue weighted by Gasteiger charge is -2.15. The summed E-state index contributed by atoms with van der Waals surface area (Å²) in [4.78, 5) is 18.1. The SMILES string of the molecule is CCNC(=O)C(C)Nc1cc(C(F)(F)F)nc(N)n1. The van der Waals surface area contributed by atoms with Gasteiger partial charge in [0.1, 0.15) is 11.9 Å². The summed E-state index contributed by atoms with van der Waals surface area (Å²) < 4.78 is 37.5. The summed E-state index contributed by atoms with van der Waals surface area (Å²) in [7, 11) is 0. The number of hydrogen-bond acceptors (Lipinski definition) is 5. The zero-order valence-electron chi connectivity index (χ0n) is 10.4. The molecule has 0 aliphatic heterocycles. The van der Waals surface area contributed by atoms with Crippen LogP contribution in [0.3, 0.4) is 0 Å². The molecule has 106 valence electrons. The van der Waals surface area contributed by atoms with Gasteiger partial charge in [0, 0.05) is 12.6 Å². The van der Waals surface area contributed by atoms with E-state index in [1.54, 1.807) is 6.92 Å². The Morgan fingerprint density at radius 2 is 2.11 bits per heavy atom. The van der Waals surface area contributed by atoms with Crippen LogP contribution in [0.15, 0.2) is 6.07 Å². The number of anilines is 2. The van der Waals surface area contributed by atoms with E-state index in [4.69, 9.17) is 5.73 Å². The van der Waals surface area contributed by atoms with Crippen LogP contribution in [0.2, 0.25) is 0 Å².